The van der Waals surface area contributed by atoms with Crippen LogP contribution in [-0.4, -0.2) is 41.3 Å². The van der Waals surface area contributed by atoms with Gasteiger partial charge in [-0.1, -0.05) is 48.5 Å². The Hall–Kier alpha value is -3.39. The molecule has 1 atom stereocenters. The van der Waals surface area contributed by atoms with Gasteiger partial charge in [-0.2, -0.15) is 4.37 Å². The highest BCUT2D eigenvalue weighted by Crippen LogP contribution is 2.44. The molecule has 1 aliphatic rings. The van der Waals surface area contributed by atoms with Crippen molar-refractivity contribution >= 4 is 23.6 Å². The molecular formula is C22H20N2O5S. The first-order chi connectivity index (χ1) is 14.6. The van der Waals surface area contributed by atoms with Crippen LogP contribution in [0.3, 0.4) is 0 Å². The molecule has 1 amide bonds. The molecule has 2 aromatic carbocycles. The van der Waals surface area contributed by atoms with E-state index in [0.717, 1.165) is 33.8 Å². The van der Waals surface area contributed by atoms with E-state index < -0.39 is 18.1 Å². The third-order valence-electron chi connectivity index (χ3n) is 5.09. The number of fused-ring (bicyclic) bond motifs is 3. The topological polar surface area (TPSA) is 97.8 Å². The molecule has 1 aliphatic carbocycles. The second-order valence-corrected chi connectivity index (χ2v) is 7.79. The van der Waals surface area contributed by atoms with E-state index in [0.29, 0.717) is 10.8 Å². The molecule has 154 valence electrons. The average molecular weight is 424 g/mol. The van der Waals surface area contributed by atoms with Gasteiger partial charge in [-0.05, 0) is 33.8 Å². The Morgan fingerprint density at radius 2 is 1.77 bits per heavy atom. The predicted molar refractivity (Wildman–Crippen MR) is 112 cm³/mol. The first kappa shape index (κ1) is 19.9. The largest absolute Gasteiger partial charge is 0.480 e. The van der Waals surface area contributed by atoms with Crippen LogP contribution in [-0.2, 0) is 16.0 Å². The van der Waals surface area contributed by atoms with Crippen molar-refractivity contribution < 1.29 is 24.2 Å². The summed E-state index contributed by atoms with van der Waals surface area (Å²) in [5.74, 6) is -0.812. The molecule has 1 heterocycles. The fourth-order valence-electron chi connectivity index (χ4n) is 3.67. The monoisotopic (exact) mass is 424 g/mol. The van der Waals surface area contributed by atoms with Gasteiger partial charge in [0.1, 0.15) is 12.6 Å². The summed E-state index contributed by atoms with van der Waals surface area (Å²) < 4.78 is 14.5. The molecular weight excluding hydrogens is 404 g/mol. The van der Waals surface area contributed by atoms with Crippen molar-refractivity contribution in [2.24, 2.45) is 0 Å². The van der Waals surface area contributed by atoms with Crippen molar-refractivity contribution in [3.63, 3.8) is 0 Å². The summed E-state index contributed by atoms with van der Waals surface area (Å²) in [7, 11) is 1.49. The van der Waals surface area contributed by atoms with Crippen LogP contribution in [0.1, 0.15) is 21.9 Å². The van der Waals surface area contributed by atoms with Crippen molar-refractivity contribution in [3.05, 3.63) is 70.6 Å². The molecule has 0 fully saturated rings. The molecule has 0 aliphatic heterocycles. The van der Waals surface area contributed by atoms with Crippen molar-refractivity contribution in [1.29, 1.82) is 0 Å². The minimum absolute atomic E-state index is 0.0859. The molecule has 0 saturated heterocycles. The highest BCUT2D eigenvalue weighted by molar-refractivity contribution is 7.05. The molecule has 0 radical (unpaired) electrons. The van der Waals surface area contributed by atoms with E-state index >= 15 is 0 Å². The summed E-state index contributed by atoms with van der Waals surface area (Å²) in [4.78, 5) is 24.6. The lowest BCUT2D eigenvalue weighted by Crippen LogP contribution is -2.42. The van der Waals surface area contributed by atoms with Crippen LogP contribution in [0.4, 0.5) is 4.79 Å². The molecule has 0 saturated carbocycles. The van der Waals surface area contributed by atoms with E-state index in [9.17, 15) is 14.7 Å². The van der Waals surface area contributed by atoms with Crippen LogP contribution in [0.15, 0.2) is 54.6 Å². The Kier molecular flexibility index (Phi) is 5.67. The maximum atomic E-state index is 12.4. The summed E-state index contributed by atoms with van der Waals surface area (Å²) in [6.07, 6.45) is -0.665. The van der Waals surface area contributed by atoms with Gasteiger partial charge in [0, 0.05) is 23.3 Å². The molecule has 7 nitrogen and oxygen atoms in total. The molecule has 1 unspecified atom stereocenters. The molecule has 3 aromatic rings. The number of rotatable bonds is 7. The summed E-state index contributed by atoms with van der Waals surface area (Å²) in [6, 6.07) is 16.6. The maximum absolute atomic E-state index is 12.4. The SMILES string of the molecule is COc1cc(CC(NC(=O)OCC2c3ccccc3-c3ccccc32)C(=O)O)sn1. The molecule has 0 spiro atoms. The zero-order chi connectivity index (χ0) is 21.1. The van der Waals surface area contributed by atoms with E-state index in [1.54, 1.807) is 6.07 Å². The quantitative estimate of drug-likeness (QED) is 0.600. The van der Waals surface area contributed by atoms with Gasteiger partial charge in [-0.25, -0.2) is 9.59 Å². The number of benzene rings is 2. The molecule has 8 heteroatoms. The Bertz CT molecular complexity index is 1040. The molecule has 1 aromatic heterocycles. The number of carbonyl (C=O) groups excluding carboxylic acids is 1. The number of alkyl carbamates (subject to hydrolysis) is 1. The minimum atomic E-state index is -1.14. The second-order valence-electron chi connectivity index (χ2n) is 6.90. The number of hydrogen-bond donors (Lipinski definition) is 2. The number of nitrogens with zero attached hydrogens (tertiary/aromatic N) is 1. The lowest BCUT2D eigenvalue weighted by Gasteiger charge is -2.17. The van der Waals surface area contributed by atoms with Gasteiger partial charge < -0.3 is 19.9 Å². The smallest absolute Gasteiger partial charge is 0.407 e. The number of hydrogen-bond acceptors (Lipinski definition) is 6. The Morgan fingerprint density at radius 3 is 2.33 bits per heavy atom. The van der Waals surface area contributed by atoms with Crippen LogP contribution in [0.2, 0.25) is 0 Å². The Morgan fingerprint density at radius 1 is 1.13 bits per heavy atom. The standard InChI is InChI=1S/C22H20N2O5S/c1-28-20-11-13(30-24-20)10-19(21(25)26)23-22(27)29-12-18-16-8-4-2-6-14(16)15-7-3-5-9-17(15)18/h2-9,11,18-19H,10,12H2,1H3,(H,23,27)(H,25,26). The van der Waals surface area contributed by atoms with Gasteiger partial charge in [0.15, 0.2) is 0 Å². The minimum Gasteiger partial charge on any atom is -0.480 e. The summed E-state index contributed by atoms with van der Waals surface area (Å²) in [6.45, 7) is 0.126. The van der Waals surface area contributed by atoms with Gasteiger partial charge in [-0.3, -0.25) is 0 Å². The van der Waals surface area contributed by atoms with E-state index in [1.807, 2.05) is 36.4 Å². The number of aliphatic carboxylic acids is 1. The van der Waals surface area contributed by atoms with Gasteiger partial charge in [-0.15, -0.1) is 0 Å². The number of aromatic nitrogens is 1. The van der Waals surface area contributed by atoms with Crippen molar-refractivity contribution in [2.75, 3.05) is 13.7 Å². The molecule has 0 bridgehead atoms. The lowest BCUT2D eigenvalue weighted by molar-refractivity contribution is -0.139. The summed E-state index contributed by atoms with van der Waals surface area (Å²) >= 11 is 1.13. The van der Waals surface area contributed by atoms with E-state index in [-0.39, 0.29) is 18.9 Å². The third-order valence-corrected chi connectivity index (χ3v) is 5.88. The second kappa shape index (κ2) is 8.54. The van der Waals surface area contributed by atoms with E-state index in [4.69, 9.17) is 9.47 Å². The van der Waals surface area contributed by atoms with Crippen molar-refractivity contribution in [3.8, 4) is 17.0 Å². The van der Waals surface area contributed by atoms with Crippen LogP contribution in [0, 0.1) is 0 Å². The lowest BCUT2D eigenvalue weighted by atomic mass is 9.98. The van der Waals surface area contributed by atoms with Crippen molar-refractivity contribution in [1.82, 2.24) is 9.69 Å². The normalized spacial score (nSPS) is 13.2. The number of carboxylic acids is 1. The number of ether oxygens (including phenoxy) is 2. The van der Waals surface area contributed by atoms with Crippen molar-refractivity contribution in [2.45, 2.75) is 18.4 Å². The zero-order valence-electron chi connectivity index (χ0n) is 16.2. The maximum Gasteiger partial charge on any atom is 0.407 e. The van der Waals surface area contributed by atoms with Crippen LogP contribution in [0.5, 0.6) is 5.88 Å². The Balaban J connectivity index is 1.42. The third kappa shape index (κ3) is 3.99. The number of methoxy groups -OCH3 is 1. The highest BCUT2D eigenvalue weighted by atomic mass is 32.1. The highest BCUT2D eigenvalue weighted by Gasteiger charge is 2.30. The average Bonchev–Trinajstić information content (AvgIpc) is 3.34. The van der Waals surface area contributed by atoms with Gasteiger partial charge >= 0.3 is 12.1 Å². The van der Waals surface area contributed by atoms with Crippen LogP contribution >= 0.6 is 11.5 Å². The number of carboxylic acid groups (broad SMARTS) is 1. The molecule has 30 heavy (non-hydrogen) atoms. The Labute approximate surface area is 177 Å². The molecule has 2 N–H and O–H groups in total. The molecule has 4 rings (SSSR count). The predicted octanol–water partition coefficient (Wildman–Crippen LogP) is 3.69. The van der Waals surface area contributed by atoms with Gasteiger partial charge in [0.05, 0.1) is 7.11 Å². The first-order valence-electron chi connectivity index (χ1n) is 9.40. The fraction of sp³-hybridized carbons (Fsp3) is 0.227. The van der Waals surface area contributed by atoms with Gasteiger partial charge in [0.25, 0.3) is 0 Å². The number of amides is 1. The summed E-state index contributed by atoms with van der Waals surface area (Å²) in [5, 5.41) is 11.9. The van der Waals surface area contributed by atoms with Crippen LogP contribution in [0.25, 0.3) is 11.1 Å². The van der Waals surface area contributed by atoms with E-state index in [1.165, 1.54) is 7.11 Å². The van der Waals surface area contributed by atoms with Gasteiger partial charge in [0.2, 0.25) is 5.88 Å². The van der Waals surface area contributed by atoms with E-state index in [2.05, 4.69) is 21.8 Å². The summed E-state index contributed by atoms with van der Waals surface area (Å²) in [5.41, 5.74) is 4.45. The number of carbonyl (C=O) groups is 2. The number of nitrogens with one attached hydrogen (secondary N) is 1. The van der Waals surface area contributed by atoms with Crippen LogP contribution < -0.4 is 10.1 Å². The zero-order valence-corrected chi connectivity index (χ0v) is 17.0. The fourth-order valence-corrected chi connectivity index (χ4v) is 4.40. The first-order valence-corrected chi connectivity index (χ1v) is 10.2.